The maximum atomic E-state index is 12.7. The SMILES string of the molecule is Cc1csc(N(C(=O)COc2ccc(Cl)cc2)c2ccccc2)n1. The molecule has 0 radical (unpaired) electrons. The molecule has 1 amide bonds. The second-order valence-electron chi connectivity index (χ2n) is 5.08. The van der Waals surface area contributed by atoms with E-state index in [0.29, 0.717) is 15.9 Å². The lowest BCUT2D eigenvalue weighted by Crippen LogP contribution is -2.30. The molecule has 0 aliphatic carbocycles. The van der Waals surface area contributed by atoms with Crippen LogP contribution < -0.4 is 9.64 Å². The average molecular weight is 359 g/mol. The summed E-state index contributed by atoms with van der Waals surface area (Å²) < 4.78 is 5.58. The first-order chi connectivity index (χ1) is 11.6. The van der Waals surface area contributed by atoms with Gasteiger partial charge in [-0.15, -0.1) is 11.3 Å². The van der Waals surface area contributed by atoms with Crippen LogP contribution in [0.3, 0.4) is 0 Å². The Morgan fingerprint density at radius 2 is 1.88 bits per heavy atom. The molecule has 3 aromatic rings. The number of carbonyl (C=O) groups is 1. The van der Waals surface area contributed by atoms with Gasteiger partial charge in [0, 0.05) is 10.4 Å². The van der Waals surface area contributed by atoms with Crippen LogP contribution in [-0.4, -0.2) is 17.5 Å². The number of nitrogens with zero attached hydrogens (tertiary/aromatic N) is 2. The summed E-state index contributed by atoms with van der Waals surface area (Å²) in [5, 5.41) is 3.17. The van der Waals surface area contributed by atoms with Crippen molar-refractivity contribution in [3.63, 3.8) is 0 Å². The summed E-state index contributed by atoms with van der Waals surface area (Å²) in [7, 11) is 0. The van der Waals surface area contributed by atoms with Crippen LogP contribution in [0, 0.1) is 6.92 Å². The Morgan fingerprint density at radius 1 is 1.17 bits per heavy atom. The van der Waals surface area contributed by atoms with E-state index in [1.54, 1.807) is 29.2 Å². The molecule has 2 aromatic carbocycles. The van der Waals surface area contributed by atoms with Crippen LogP contribution in [0.25, 0.3) is 0 Å². The van der Waals surface area contributed by atoms with E-state index < -0.39 is 0 Å². The molecule has 24 heavy (non-hydrogen) atoms. The van der Waals surface area contributed by atoms with Gasteiger partial charge in [-0.3, -0.25) is 9.69 Å². The van der Waals surface area contributed by atoms with E-state index in [1.807, 2.05) is 42.6 Å². The van der Waals surface area contributed by atoms with E-state index in [4.69, 9.17) is 16.3 Å². The molecule has 0 N–H and O–H groups in total. The predicted molar refractivity (Wildman–Crippen MR) is 97.4 cm³/mol. The van der Waals surface area contributed by atoms with Crippen molar-refractivity contribution in [3.8, 4) is 5.75 Å². The lowest BCUT2D eigenvalue weighted by molar-refractivity contribution is -0.119. The van der Waals surface area contributed by atoms with Crippen LogP contribution >= 0.6 is 22.9 Å². The number of ether oxygens (including phenoxy) is 1. The van der Waals surface area contributed by atoms with Crippen LogP contribution in [0.1, 0.15) is 5.69 Å². The summed E-state index contributed by atoms with van der Waals surface area (Å²) in [4.78, 5) is 18.7. The molecule has 0 aliphatic heterocycles. The molecule has 0 fully saturated rings. The van der Waals surface area contributed by atoms with E-state index in [-0.39, 0.29) is 12.5 Å². The monoisotopic (exact) mass is 358 g/mol. The molecule has 0 saturated carbocycles. The summed E-state index contributed by atoms with van der Waals surface area (Å²) >= 11 is 7.28. The first-order valence-corrected chi connectivity index (χ1v) is 8.58. The highest BCUT2D eigenvalue weighted by atomic mass is 35.5. The minimum absolute atomic E-state index is 0.0881. The van der Waals surface area contributed by atoms with Gasteiger partial charge in [0.15, 0.2) is 11.7 Å². The summed E-state index contributed by atoms with van der Waals surface area (Å²) in [6.07, 6.45) is 0. The van der Waals surface area contributed by atoms with Crippen molar-refractivity contribution in [1.82, 2.24) is 4.98 Å². The lowest BCUT2D eigenvalue weighted by Gasteiger charge is -2.20. The number of aryl methyl sites for hydroxylation is 1. The van der Waals surface area contributed by atoms with Crippen LogP contribution in [0.4, 0.5) is 10.8 Å². The minimum atomic E-state index is -0.189. The number of carbonyl (C=O) groups excluding carboxylic acids is 1. The third-order valence-electron chi connectivity index (χ3n) is 3.24. The van der Waals surface area contributed by atoms with E-state index >= 15 is 0 Å². The molecule has 122 valence electrons. The van der Waals surface area contributed by atoms with Gasteiger partial charge in [-0.2, -0.15) is 0 Å². The normalized spacial score (nSPS) is 10.4. The van der Waals surface area contributed by atoms with Crippen molar-refractivity contribution < 1.29 is 9.53 Å². The number of benzene rings is 2. The van der Waals surface area contributed by atoms with Gasteiger partial charge in [-0.1, -0.05) is 29.8 Å². The molecule has 0 bridgehead atoms. The standard InChI is InChI=1S/C18H15ClN2O2S/c1-13-12-24-18(20-13)21(15-5-3-2-4-6-15)17(22)11-23-16-9-7-14(19)8-10-16/h2-10,12H,11H2,1H3. The summed E-state index contributed by atoms with van der Waals surface area (Å²) in [6.45, 7) is 1.81. The number of amides is 1. The molecule has 0 spiro atoms. The number of hydrogen-bond donors (Lipinski definition) is 0. The molecule has 6 heteroatoms. The van der Waals surface area contributed by atoms with Gasteiger partial charge in [0.2, 0.25) is 0 Å². The van der Waals surface area contributed by atoms with Crippen LogP contribution in [0.2, 0.25) is 5.02 Å². The third kappa shape index (κ3) is 3.93. The topological polar surface area (TPSA) is 42.4 Å². The highest BCUT2D eigenvalue weighted by Crippen LogP contribution is 2.28. The predicted octanol–water partition coefficient (Wildman–Crippen LogP) is 4.85. The van der Waals surface area contributed by atoms with E-state index in [1.165, 1.54) is 11.3 Å². The number of halogens is 1. The van der Waals surface area contributed by atoms with Gasteiger partial charge in [0.25, 0.3) is 5.91 Å². The quantitative estimate of drug-likeness (QED) is 0.654. The van der Waals surface area contributed by atoms with E-state index in [2.05, 4.69) is 4.98 Å². The molecule has 4 nitrogen and oxygen atoms in total. The average Bonchev–Trinajstić information content (AvgIpc) is 3.01. The number of para-hydroxylation sites is 1. The molecule has 1 heterocycles. The zero-order chi connectivity index (χ0) is 16.9. The zero-order valence-corrected chi connectivity index (χ0v) is 14.6. The Morgan fingerprint density at radius 3 is 2.50 bits per heavy atom. The fourth-order valence-electron chi connectivity index (χ4n) is 2.12. The van der Waals surface area contributed by atoms with Crippen LogP contribution in [-0.2, 0) is 4.79 Å². The number of rotatable bonds is 5. The van der Waals surface area contributed by atoms with Gasteiger partial charge in [-0.05, 0) is 43.3 Å². The highest BCUT2D eigenvalue weighted by molar-refractivity contribution is 7.14. The maximum absolute atomic E-state index is 12.7. The minimum Gasteiger partial charge on any atom is -0.484 e. The Kier molecular flexibility index (Phi) is 5.13. The Bertz CT molecular complexity index is 819. The van der Waals surface area contributed by atoms with Gasteiger partial charge in [-0.25, -0.2) is 4.98 Å². The van der Waals surface area contributed by atoms with Crippen molar-refractivity contribution in [2.45, 2.75) is 6.92 Å². The van der Waals surface area contributed by atoms with Crippen molar-refractivity contribution >= 4 is 39.7 Å². The van der Waals surface area contributed by atoms with Gasteiger partial charge in [0.05, 0.1) is 11.4 Å². The van der Waals surface area contributed by atoms with Gasteiger partial charge >= 0.3 is 0 Å². The van der Waals surface area contributed by atoms with E-state index in [9.17, 15) is 4.79 Å². The zero-order valence-electron chi connectivity index (χ0n) is 13.0. The van der Waals surface area contributed by atoms with Crippen molar-refractivity contribution in [2.24, 2.45) is 0 Å². The first-order valence-electron chi connectivity index (χ1n) is 7.32. The maximum Gasteiger partial charge on any atom is 0.271 e. The molecule has 1 aromatic heterocycles. The summed E-state index contributed by atoms with van der Waals surface area (Å²) in [5.41, 5.74) is 1.64. The Balaban J connectivity index is 1.80. The molecule has 0 atom stereocenters. The Labute approximate surface area is 149 Å². The van der Waals surface area contributed by atoms with Crippen LogP contribution in [0.5, 0.6) is 5.75 Å². The van der Waals surface area contributed by atoms with Crippen molar-refractivity contribution in [3.05, 3.63) is 70.7 Å². The highest BCUT2D eigenvalue weighted by Gasteiger charge is 2.21. The largest absolute Gasteiger partial charge is 0.484 e. The van der Waals surface area contributed by atoms with Gasteiger partial charge in [0.1, 0.15) is 5.75 Å². The second kappa shape index (κ2) is 7.47. The second-order valence-corrected chi connectivity index (χ2v) is 6.35. The Hall–Kier alpha value is -2.37. The fourth-order valence-corrected chi connectivity index (χ4v) is 3.09. The first kappa shape index (κ1) is 16.5. The van der Waals surface area contributed by atoms with Crippen molar-refractivity contribution in [1.29, 1.82) is 0 Å². The summed E-state index contributed by atoms with van der Waals surface area (Å²) in [6, 6.07) is 16.3. The molecule has 0 saturated heterocycles. The van der Waals surface area contributed by atoms with E-state index in [0.717, 1.165) is 11.4 Å². The number of aromatic nitrogens is 1. The molecule has 0 unspecified atom stereocenters. The number of hydrogen-bond acceptors (Lipinski definition) is 4. The van der Waals surface area contributed by atoms with Crippen LogP contribution in [0.15, 0.2) is 60.0 Å². The lowest BCUT2D eigenvalue weighted by atomic mass is 10.3. The molecule has 0 aliphatic rings. The summed E-state index contributed by atoms with van der Waals surface area (Å²) in [5.74, 6) is 0.404. The molecular weight excluding hydrogens is 344 g/mol. The molecule has 3 rings (SSSR count). The molecular formula is C18H15ClN2O2S. The fraction of sp³-hybridized carbons (Fsp3) is 0.111. The van der Waals surface area contributed by atoms with Crippen molar-refractivity contribution in [2.75, 3.05) is 11.5 Å². The van der Waals surface area contributed by atoms with Gasteiger partial charge < -0.3 is 4.74 Å². The number of thiazole rings is 1. The smallest absolute Gasteiger partial charge is 0.271 e. The third-order valence-corrected chi connectivity index (χ3v) is 4.43. The number of anilines is 2.